The molecule has 6 amide bonds. The highest BCUT2D eigenvalue weighted by Gasteiger charge is 2.43. The van der Waals surface area contributed by atoms with Crippen molar-refractivity contribution in [2.24, 2.45) is 11.5 Å². The molecule has 0 saturated heterocycles. The topological polar surface area (TPSA) is 275 Å². The summed E-state index contributed by atoms with van der Waals surface area (Å²) in [6, 6.07) is 10.7. The van der Waals surface area contributed by atoms with Crippen LogP contribution < -0.4 is 53.7 Å². The maximum atomic E-state index is 14.3. The number of aromatic nitrogens is 2. The van der Waals surface area contributed by atoms with E-state index >= 15 is 0 Å². The number of fused-ring (bicyclic) bond motifs is 2. The van der Waals surface area contributed by atoms with Crippen molar-refractivity contribution < 1.29 is 37.5 Å². The molecule has 2 aromatic heterocycles. The zero-order valence-corrected chi connectivity index (χ0v) is 43.6. The van der Waals surface area contributed by atoms with Crippen molar-refractivity contribution in [2.75, 3.05) is 36.0 Å². The Morgan fingerprint density at radius 2 is 0.974 bits per heavy atom. The van der Waals surface area contributed by atoms with Crippen LogP contribution in [0.5, 0.6) is 0 Å². The van der Waals surface area contributed by atoms with Gasteiger partial charge in [0.1, 0.15) is 23.7 Å². The second-order valence-electron chi connectivity index (χ2n) is 20.4. The lowest BCUT2D eigenvalue weighted by atomic mass is 9.91. The number of nitrogens with one attached hydrogen (secondary N) is 6. The van der Waals surface area contributed by atoms with E-state index in [-0.39, 0.29) is 75.8 Å². The van der Waals surface area contributed by atoms with Crippen LogP contribution in [0.3, 0.4) is 0 Å². The highest BCUT2D eigenvalue weighted by Crippen LogP contribution is 2.41. The van der Waals surface area contributed by atoms with Crippen molar-refractivity contribution in [3.63, 3.8) is 0 Å². The van der Waals surface area contributed by atoms with Gasteiger partial charge in [0.05, 0.1) is 36.5 Å². The molecule has 2 aliphatic rings. The molecule has 0 spiro atoms. The van der Waals surface area contributed by atoms with Gasteiger partial charge in [-0.2, -0.15) is 0 Å². The first-order valence-corrected chi connectivity index (χ1v) is 25.3. The number of benzene rings is 2. The van der Waals surface area contributed by atoms with Gasteiger partial charge in [0.2, 0.25) is 35.4 Å². The molecule has 18 nitrogen and oxygen atoms in total. The molecule has 2 aliphatic heterocycles. The molecule has 4 aromatic rings. The number of H-pyrrole nitrogens is 2. The van der Waals surface area contributed by atoms with E-state index in [4.69, 9.17) is 11.5 Å². The van der Waals surface area contributed by atoms with Gasteiger partial charge in [0.15, 0.2) is 0 Å². The SMILES string of the molecule is CC[C@H](N)C(=O)N[C@@H](CCC(=O)NCC#CC#CCNC(=O)CC[C@H](NC(=O)[C@@H](N)CC)C(=O)N1CC(C)(C)c2[nH]c(=O)c(Cc3ccc(F)cc3)cc21)C(=O)N1CC(C)(C)c2[nH]c(=O)c(Cc3ccc(F)cc3)cc21. The fraction of sp³-hybridized carbons (Fsp3) is 0.429. The molecule has 2 aromatic carbocycles. The second kappa shape index (κ2) is 25.1. The van der Waals surface area contributed by atoms with Crippen LogP contribution in [0.2, 0.25) is 0 Å². The lowest BCUT2D eigenvalue weighted by Gasteiger charge is -2.27. The van der Waals surface area contributed by atoms with Gasteiger partial charge in [-0.3, -0.25) is 38.4 Å². The van der Waals surface area contributed by atoms with Gasteiger partial charge in [-0.05, 0) is 85.0 Å². The van der Waals surface area contributed by atoms with E-state index in [2.05, 4.69) is 54.9 Å². The number of hydrogen-bond donors (Lipinski definition) is 8. The zero-order chi connectivity index (χ0) is 55.5. The summed E-state index contributed by atoms with van der Waals surface area (Å²) in [5, 5.41) is 10.7. The minimum Gasteiger partial charge on any atom is -0.345 e. The minimum absolute atomic E-state index is 0.0846. The Bertz CT molecular complexity index is 2890. The monoisotopic (exact) mass is 1040 g/mol. The molecular weight excluding hydrogens is 979 g/mol. The van der Waals surface area contributed by atoms with Crippen LogP contribution in [0.25, 0.3) is 0 Å². The predicted octanol–water partition coefficient (Wildman–Crippen LogP) is 2.72. The number of nitrogens with zero attached hydrogens (tertiary/aromatic N) is 2. The lowest BCUT2D eigenvalue weighted by molar-refractivity contribution is -0.129. The molecule has 4 heterocycles. The Hall–Kier alpha value is -7.94. The van der Waals surface area contributed by atoms with E-state index < -0.39 is 82.1 Å². The zero-order valence-electron chi connectivity index (χ0n) is 43.6. The van der Waals surface area contributed by atoms with E-state index in [1.165, 1.54) is 34.1 Å². The van der Waals surface area contributed by atoms with Gasteiger partial charge >= 0.3 is 0 Å². The molecule has 4 atom stereocenters. The maximum absolute atomic E-state index is 14.3. The summed E-state index contributed by atoms with van der Waals surface area (Å²) >= 11 is 0. The van der Waals surface area contributed by atoms with E-state index in [1.807, 2.05) is 27.7 Å². The molecule has 6 rings (SSSR count). The first kappa shape index (κ1) is 57.3. The fourth-order valence-electron chi connectivity index (χ4n) is 9.01. The first-order valence-electron chi connectivity index (χ1n) is 25.3. The second-order valence-corrected chi connectivity index (χ2v) is 20.4. The smallest absolute Gasteiger partial charge is 0.251 e. The van der Waals surface area contributed by atoms with Gasteiger partial charge in [0, 0.05) is 72.1 Å². The van der Waals surface area contributed by atoms with Gasteiger partial charge in [-0.1, -0.05) is 77.6 Å². The average Bonchev–Trinajstić information content (AvgIpc) is 3.85. The Balaban J connectivity index is 1.02. The Morgan fingerprint density at radius 1 is 0.618 bits per heavy atom. The standard InChI is InChI=1S/C56H66F2N10O8/c1-7-39(59)51(73)63-41(53(75)67-31-55(3,4)47-43(67)29-35(49(71)65-47)27-33-13-17-37(57)18-14-33)21-23-45(69)61-25-11-9-10-12-26-62-46(70)24-22-42(64-52(74)40(60)8-2)54(76)68-32-56(5,6)48-44(68)30-36(50(72)66-48)28-34-15-19-38(58)20-16-34/h13-20,29-30,39-42H,7-8,21-28,31-32,59-60H2,1-6H3,(H,61,69)(H,62,70)(H,63,73)(H,64,74)(H,65,71)(H,66,72)/t39-,40-,41-,42-/m0/s1. The summed E-state index contributed by atoms with van der Waals surface area (Å²) in [5.41, 5.74) is 14.1. The van der Waals surface area contributed by atoms with Crippen LogP contribution in [-0.4, -0.2) is 95.8 Å². The third-order valence-corrected chi connectivity index (χ3v) is 13.5. The van der Waals surface area contributed by atoms with Gasteiger partial charge in [-0.25, -0.2) is 8.78 Å². The van der Waals surface area contributed by atoms with Crippen molar-refractivity contribution in [3.05, 3.63) is 127 Å². The van der Waals surface area contributed by atoms with Crippen molar-refractivity contribution in [1.82, 2.24) is 31.2 Å². The average molecular weight is 1050 g/mol. The third-order valence-electron chi connectivity index (χ3n) is 13.5. The van der Waals surface area contributed by atoms with Crippen molar-refractivity contribution in [2.45, 2.75) is 128 Å². The number of amides is 6. The molecular formula is C56H66F2N10O8. The fourth-order valence-corrected chi connectivity index (χ4v) is 9.01. The molecule has 76 heavy (non-hydrogen) atoms. The molecule has 10 N–H and O–H groups in total. The lowest BCUT2D eigenvalue weighted by Crippen LogP contribution is -2.53. The largest absolute Gasteiger partial charge is 0.345 e. The van der Waals surface area contributed by atoms with Crippen LogP contribution in [0.15, 0.2) is 70.3 Å². The molecule has 0 unspecified atom stereocenters. The number of anilines is 2. The molecule has 0 saturated carbocycles. The van der Waals surface area contributed by atoms with Crippen LogP contribution in [0.1, 0.15) is 114 Å². The molecule has 402 valence electrons. The molecule has 0 radical (unpaired) electrons. The molecule has 0 aliphatic carbocycles. The summed E-state index contributed by atoms with van der Waals surface area (Å²) in [6.45, 7) is 11.1. The number of hydrogen-bond acceptors (Lipinski definition) is 10. The molecule has 0 bridgehead atoms. The number of rotatable bonds is 20. The summed E-state index contributed by atoms with van der Waals surface area (Å²) in [5.74, 6) is 6.73. The number of pyridine rings is 2. The Labute approximate surface area is 439 Å². The maximum Gasteiger partial charge on any atom is 0.251 e. The summed E-state index contributed by atoms with van der Waals surface area (Å²) in [4.78, 5) is 116. The first-order chi connectivity index (χ1) is 36.0. The summed E-state index contributed by atoms with van der Waals surface area (Å²) < 4.78 is 27.2. The molecule has 0 fully saturated rings. The van der Waals surface area contributed by atoms with Crippen molar-refractivity contribution in [3.8, 4) is 23.7 Å². The number of nitrogens with two attached hydrogens (primary N) is 2. The number of carbonyl (C=O) groups excluding carboxylic acids is 6. The number of aromatic amines is 2. The van der Waals surface area contributed by atoms with Crippen LogP contribution >= 0.6 is 0 Å². The van der Waals surface area contributed by atoms with Gasteiger partial charge in [0.25, 0.3) is 11.1 Å². The molecule has 20 heteroatoms. The van der Waals surface area contributed by atoms with Gasteiger partial charge in [-0.15, -0.1) is 0 Å². The van der Waals surface area contributed by atoms with E-state index in [0.717, 1.165) is 0 Å². The Kier molecular flexibility index (Phi) is 18.9. The quantitative estimate of drug-likeness (QED) is 0.0600. The highest BCUT2D eigenvalue weighted by atomic mass is 19.1. The normalized spacial score (nSPS) is 15.3. The summed E-state index contributed by atoms with van der Waals surface area (Å²) in [6.07, 6.45) is 0.453. The number of carbonyl (C=O) groups is 6. The Morgan fingerprint density at radius 3 is 1.32 bits per heavy atom. The predicted molar refractivity (Wildman–Crippen MR) is 284 cm³/mol. The van der Waals surface area contributed by atoms with E-state index in [9.17, 15) is 47.1 Å². The summed E-state index contributed by atoms with van der Waals surface area (Å²) in [7, 11) is 0. The van der Waals surface area contributed by atoms with Crippen LogP contribution in [0, 0.1) is 35.3 Å². The van der Waals surface area contributed by atoms with E-state index in [0.29, 0.717) is 57.9 Å². The van der Waals surface area contributed by atoms with E-state index in [1.54, 1.807) is 50.2 Å². The van der Waals surface area contributed by atoms with Crippen LogP contribution in [-0.2, 0) is 52.4 Å². The van der Waals surface area contributed by atoms with Crippen molar-refractivity contribution in [1.29, 1.82) is 0 Å². The van der Waals surface area contributed by atoms with Crippen molar-refractivity contribution >= 4 is 46.8 Å². The highest BCUT2D eigenvalue weighted by molar-refractivity contribution is 6.03. The third kappa shape index (κ3) is 14.5. The van der Waals surface area contributed by atoms with Gasteiger partial charge < -0.3 is 52.5 Å². The minimum atomic E-state index is -1.15. The van der Waals surface area contributed by atoms with Crippen LogP contribution in [0.4, 0.5) is 20.2 Å². The number of halogens is 2.